The summed E-state index contributed by atoms with van der Waals surface area (Å²) in [4.78, 5) is 8.92. The molecular formula is C33H33ClN4O4. The van der Waals surface area contributed by atoms with Crippen LogP contribution in [-0.2, 0) is 11.3 Å². The summed E-state index contributed by atoms with van der Waals surface area (Å²) in [6.45, 7) is 4.77. The Labute approximate surface area is 250 Å². The minimum absolute atomic E-state index is 0.337. The summed E-state index contributed by atoms with van der Waals surface area (Å²) in [6, 6.07) is 15.3. The number of hydrogen-bond donors (Lipinski definition) is 1. The summed E-state index contributed by atoms with van der Waals surface area (Å²) in [5.41, 5.74) is 4.63. The van der Waals surface area contributed by atoms with E-state index in [2.05, 4.69) is 21.4 Å². The highest BCUT2D eigenvalue weighted by atomic mass is 35.5. The van der Waals surface area contributed by atoms with Crippen LogP contribution in [0.4, 0.5) is 11.4 Å². The first-order valence-corrected chi connectivity index (χ1v) is 14.6. The molecule has 0 radical (unpaired) electrons. The lowest BCUT2D eigenvalue weighted by Gasteiger charge is -2.46. The van der Waals surface area contributed by atoms with Gasteiger partial charge in [-0.2, -0.15) is 5.26 Å². The zero-order chi connectivity index (χ0) is 29.1. The van der Waals surface area contributed by atoms with Gasteiger partial charge in [-0.05, 0) is 68.4 Å². The fourth-order valence-corrected chi connectivity index (χ4v) is 5.90. The second-order valence-electron chi connectivity index (χ2n) is 11.2. The van der Waals surface area contributed by atoms with Crippen LogP contribution in [0.2, 0.25) is 5.02 Å². The van der Waals surface area contributed by atoms with Gasteiger partial charge < -0.3 is 24.3 Å². The van der Waals surface area contributed by atoms with Gasteiger partial charge in [-0.25, -0.2) is 0 Å². The standard InChI is InChI=1S/C33H33ClN4O4/c1-21-4-3-11-36-29(21)18-41-24-5-6-27(26(34)12-24)38-32-23(15-35)16-37-28-14-31(30(39-2)13-25(28)32)42-17-22-7-9-33(10-8-22)19-40-20-33/h3-6,11-14,16,22H,7-10,17-20H2,1-2H3,(H,37,38). The van der Waals surface area contributed by atoms with Crippen LogP contribution in [0.1, 0.15) is 42.5 Å². The van der Waals surface area contributed by atoms with Gasteiger partial charge in [0.2, 0.25) is 0 Å². The maximum absolute atomic E-state index is 9.89. The Morgan fingerprint density at radius 3 is 2.62 bits per heavy atom. The number of halogens is 1. The predicted molar refractivity (Wildman–Crippen MR) is 162 cm³/mol. The first-order chi connectivity index (χ1) is 20.5. The summed E-state index contributed by atoms with van der Waals surface area (Å²) in [5.74, 6) is 2.35. The Kier molecular flexibility index (Phi) is 8.05. The van der Waals surface area contributed by atoms with Gasteiger partial charge in [0.15, 0.2) is 11.5 Å². The molecule has 2 aromatic carbocycles. The van der Waals surface area contributed by atoms with E-state index in [9.17, 15) is 5.26 Å². The number of fused-ring (bicyclic) bond motifs is 1. The smallest absolute Gasteiger partial charge is 0.163 e. The maximum Gasteiger partial charge on any atom is 0.163 e. The summed E-state index contributed by atoms with van der Waals surface area (Å²) in [7, 11) is 1.62. The number of aryl methyl sites for hydroxylation is 1. The quantitative estimate of drug-likeness (QED) is 0.217. The third kappa shape index (κ3) is 5.80. The summed E-state index contributed by atoms with van der Waals surface area (Å²) >= 11 is 6.66. The second-order valence-corrected chi connectivity index (χ2v) is 11.7. The molecule has 1 saturated carbocycles. The lowest BCUT2D eigenvalue weighted by atomic mass is 9.69. The van der Waals surface area contributed by atoms with Crippen LogP contribution >= 0.6 is 11.6 Å². The number of benzene rings is 2. The van der Waals surface area contributed by atoms with Crippen LogP contribution in [0.25, 0.3) is 10.9 Å². The molecule has 6 rings (SSSR count). The molecule has 0 bridgehead atoms. The predicted octanol–water partition coefficient (Wildman–Crippen LogP) is 7.38. The number of pyridine rings is 2. The minimum atomic E-state index is 0.337. The van der Waals surface area contributed by atoms with Gasteiger partial charge in [-0.1, -0.05) is 17.7 Å². The van der Waals surface area contributed by atoms with Crippen LogP contribution in [0.3, 0.4) is 0 Å². The zero-order valence-electron chi connectivity index (χ0n) is 23.8. The van der Waals surface area contributed by atoms with E-state index in [0.29, 0.717) is 69.3 Å². The van der Waals surface area contributed by atoms with Crippen LogP contribution < -0.4 is 19.5 Å². The van der Waals surface area contributed by atoms with Crippen molar-refractivity contribution in [1.29, 1.82) is 5.26 Å². The van der Waals surface area contributed by atoms with E-state index >= 15 is 0 Å². The summed E-state index contributed by atoms with van der Waals surface area (Å²) in [5, 5.41) is 14.4. The fourth-order valence-electron chi connectivity index (χ4n) is 5.68. The van der Waals surface area contributed by atoms with Gasteiger partial charge in [-0.3, -0.25) is 9.97 Å². The lowest BCUT2D eigenvalue weighted by Crippen LogP contribution is -2.45. The Balaban J connectivity index is 1.20. The van der Waals surface area contributed by atoms with Gasteiger partial charge in [0.05, 0.1) is 60.1 Å². The Morgan fingerprint density at radius 1 is 1.10 bits per heavy atom. The summed E-state index contributed by atoms with van der Waals surface area (Å²) in [6.07, 6.45) is 7.99. The number of ether oxygens (including phenoxy) is 4. The van der Waals surface area contributed by atoms with Crippen molar-refractivity contribution in [2.24, 2.45) is 11.3 Å². The van der Waals surface area contributed by atoms with E-state index in [1.54, 1.807) is 25.6 Å². The van der Waals surface area contributed by atoms with Crippen molar-refractivity contribution in [3.05, 3.63) is 76.7 Å². The molecule has 0 amide bonds. The average Bonchev–Trinajstić information content (AvgIpc) is 3.00. The van der Waals surface area contributed by atoms with Crippen molar-refractivity contribution in [1.82, 2.24) is 9.97 Å². The minimum Gasteiger partial charge on any atom is -0.493 e. The Morgan fingerprint density at radius 2 is 1.93 bits per heavy atom. The molecule has 2 aliphatic rings. The van der Waals surface area contributed by atoms with Crippen LogP contribution in [-0.4, -0.2) is 36.9 Å². The SMILES string of the molecule is COc1cc2c(Nc3ccc(OCc4ncccc4C)cc3Cl)c(C#N)cnc2cc1OCC1CCC2(CC1)COC2. The molecule has 9 heteroatoms. The number of hydrogen-bond acceptors (Lipinski definition) is 8. The molecule has 0 unspecified atom stereocenters. The number of rotatable bonds is 9. The van der Waals surface area contributed by atoms with Gasteiger partial charge in [0.1, 0.15) is 18.4 Å². The van der Waals surface area contributed by atoms with E-state index in [-0.39, 0.29) is 0 Å². The highest BCUT2D eigenvalue weighted by Gasteiger charge is 2.41. The van der Waals surface area contributed by atoms with E-state index in [4.69, 9.17) is 30.5 Å². The third-order valence-corrected chi connectivity index (χ3v) is 8.74. The zero-order valence-corrected chi connectivity index (χ0v) is 24.5. The van der Waals surface area contributed by atoms with Crippen molar-refractivity contribution >= 4 is 33.9 Å². The highest BCUT2D eigenvalue weighted by Crippen LogP contribution is 2.45. The van der Waals surface area contributed by atoms with Crippen molar-refractivity contribution < 1.29 is 18.9 Å². The van der Waals surface area contributed by atoms with Gasteiger partial charge >= 0.3 is 0 Å². The van der Waals surface area contributed by atoms with E-state index < -0.39 is 0 Å². The molecule has 2 fully saturated rings. The molecule has 3 heterocycles. The van der Waals surface area contributed by atoms with Crippen molar-refractivity contribution in [2.75, 3.05) is 32.2 Å². The number of anilines is 2. The molecule has 1 aliphatic heterocycles. The van der Waals surface area contributed by atoms with Gasteiger partial charge in [-0.15, -0.1) is 0 Å². The molecule has 1 spiro atoms. The molecular weight excluding hydrogens is 552 g/mol. The molecule has 1 aliphatic carbocycles. The van der Waals surface area contributed by atoms with E-state index in [1.165, 1.54) is 12.8 Å². The average molecular weight is 585 g/mol. The molecule has 8 nitrogen and oxygen atoms in total. The molecule has 4 aromatic rings. The molecule has 0 atom stereocenters. The first-order valence-electron chi connectivity index (χ1n) is 14.2. The monoisotopic (exact) mass is 584 g/mol. The number of aromatic nitrogens is 2. The fraction of sp³-hybridized carbons (Fsp3) is 0.364. The second kappa shape index (κ2) is 12.0. The van der Waals surface area contributed by atoms with E-state index in [0.717, 1.165) is 42.7 Å². The Bertz CT molecular complexity index is 1640. The van der Waals surface area contributed by atoms with E-state index in [1.807, 2.05) is 43.3 Å². The third-order valence-electron chi connectivity index (χ3n) is 8.42. The number of methoxy groups -OCH3 is 1. The van der Waals surface area contributed by atoms with Crippen molar-refractivity contribution in [3.63, 3.8) is 0 Å². The first kappa shape index (κ1) is 28.1. The van der Waals surface area contributed by atoms with Crippen molar-refractivity contribution in [2.45, 2.75) is 39.2 Å². The molecule has 216 valence electrons. The topological polar surface area (TPSA) is 98.5 Å². The molecule has 2 aromatic heterocycles. The number of nitrogens with zero attached hydrogens (tertiary/aromatic N) is 3. The van der Waals surface area contributed by atoms with Crippen molar-refractivity contribution in [3.8, 4) is 23.3 Å². The molecule has 1 N–H and O–H groups in total. The van der Waals surface area contributed by atoms with Crippen LogP contribution in [0, 0.1) is 29.6 Å². The normalized spacial score (nSPS) is 16.0. The highest BCUT2D eigenvalue weighted by molar-refractivity contribution is 6.33. The number of nitrogens with one attached hydrogen (secondary N) is 1. The summed E-state index contributed by atoms with van der Waals surface area (Å²) < 4.78 is 23.4. The molecule has 1 saturated heterocycles. The van der Waals surface area contributed by atoms with Gasteiger partial charge in [0.25, 0.3) is 0 Å². The van der Waals surface area contributed by atoms with Crippen LogP contribution in [0.15, 0.2) is 54.9 Å². The lowest BCUT2D eigenvalue weighted by molar-refractivity contribution is -0.137. The van der Waals surface area contributed by atoms with Crippen LogP contribution in [0.5, 0.6) is 17.2 Å². The number of nitriles is 1. The maximum atomic E-state index is 9.89. The Hall–Kier alpha value is -4.06. The molecule has 42 heavy (non-hydrogen) atoms. The largest absolute Gasteiger partial charge is 0.493 e. The van der Waals surface area contributed by atoms with Gasteiger partial charge in [0, 0.05) is 35.3 Å².